The zero-order valence-electron chi connectivity index (χ0n) is 14.9. The van der Waals surface area contributed by atoms with Crippen LogP contribution in [-0.4, -0.2) is 46.6 Å². The summed E-state index contributed by atoms with van der Waals surface area (Å²) in [5, 5.41) is 9.82. The van der Waals surface area contributed by atoms with Gasteiger partial charge in [0.15, 0.2) is 0 Å². The van der Waals surface area contributed by atoms with Gasteiger partial charge in [0.25, 0.3) is 0 Å². The molecule has 4 aliphatic rings. The molecule has 4 aliphatic heterocycles. The van der Waals surface area contributed by atoms with Crippen molar-refractivity contribution in [3.63, 3.8) is 0 Å². The van der Waals surface area contributed by atoms with E-state index in [0.717, 1.165) is 19.0 Å². The van der Waals surface area contributed by atoms with Crippen molar-refractivity contribution in [2.75, 3.05) is 19.6 Å². The Kier molecular flexibility index (Phi) is 3.98. The van der Waals surface area contributed by atoms with E-state index in [9.17, 15) is 9.50 Å². The summed E-state index contributed by atoms with van der Waals surface area (Å²) in [5.41, 5.74) is 2.42. The van der Waals surface area contributed by atoms with E-state index < -0.39 is 0 Å². The summed E-state index contributed by atoms with van der Waals surface area (Å²) < 4.78 is 13.4. The number of hydrogen-bond donors (Lipinski definition) is 1. The number of benzene rings is 2. The van der Waals surface area contributed by atoms with E-state index in [1.165, 1.54) is 37.1 Å². The minimum Gasteiger partial charge on any atom is -0.508 e. The molecule has 0 aromatic heterocycles. The molecule has 136 valence electrons. The van der Waals surface area contributed by atoms with E-state index in [1.54, 1.807) is 18.2 Å². The Labute approximate surface area is 154 Å². The van der Waals surface area contributed by atoms with E-state index in [-0.39, 0.29) is 5.82 Å². The van der Waals surface area contributed by atoms with Gasteiger partial charge in [0.05, 0.1) is 0 Å². The summed E-state index contributed by atoms with van der Waals surface area (Å²) >= 11 is 0. The summed E-state index contributed by atoms with van der Waals surface area (Å²) in [6.45, 7) is 4.27. The Hall–Kier alpha value is -1.91. The Morgan fingerprint density at radius 3 is 2.50 bits per heavy atom. The summed E-state index contributed by atoms with van der Waals surface area (Å²) in [5.74, 6) is 1.36. The fourth-order valence-electron chi connectivity index (χ4n) is 5.61. The molecule has 2 aromatic carbocycles. The number of aromatic hydroxyl groups is 1. The van der Waals surface area contributed by atoms with Gasteiger partial charge in [0.1, 0.15) is 11.6 Å². The molecule has 0 spiro atoms. The van der Waals surface area contributed by atoms with Crippen LogP contribution in [0.1, 0.15) is 29.9 Å². The molecule has 6 rings (SSSR count). The Balaban J connectivity index is 1.47. The van der Waals surface area contributed by atoms with Crippen LogP contribution in [0.3, 0.4) is 0 Å². The average molecular weight is 352 g/mol. The monoisotopic (exact) mass is 352 g/mol. The molecule has 0 radical (unpaired) electrons. The average Bonchev–Trinajstić information content (AvgIpc) is 3.05. The van der Waals surface area contributed by atoms with Crippen LogP contribution in [0.5, 0.6) is 5.75 Å². The molecule has 26 heavy (non-hydrogen) atoms. The molecule has 4 fully saturated rings. The smallest absolute Gasteiger partial charge is 0.123 e. The molecule has 4 heteroatoms. The van der Waals surface area contributed by atoms with Crippen molar-refractivity contribution >= 4 is 0 Å². The summed E-state index contributed by atoms with van der Waals surface area (Å²) in [7, 11) is 0. The molecule has 0 saturated carbocycles. The second kappa shape index (κ2) is 6.36. The molecule has 4 heterocycles. The molecule has 3 atom stereocenters. The second-order valence-corrected chi connectivity index (χ2v) is 8.11. The maximum absolute atomic E-state index is 13.4. The van der Waals surface area contributed by atoms with Gasteiger partial charge in [-0.25, -0.2) is 4.39 Å². The summed E-state index contributed by atoms with van der Waals surface area (Å²) in [6.07, 6.45) is 2.57. The van der Waals surface area contributed by atoms with Crippen molar-refractivity contribution in [1.29, 1.82) is 0 Å². The zero-order valence-corrected chi connectivity index (χ0v) is 14.9. The van der Waals surface area contributed by atoms with Crippen LogP contribution >= 0.6 is 0 Å². The highest BCUT2D eigenvalue weighted by molar-refractivity contribution is 5.30. The largest absolute Gasteiger partial charge is 0.508 e. The number of phenols is 1. The van der Waals surface area contributed by atoms with Crippen LogP contribution < -0.4 is 0 Å². The van der Waals surface area contributed by atoms with Crippen molar-refractivity contribution < 1.29 is 9.50 Å². The Morgan fingerprint density at radius 1 is 1.00 bits per heavy atom. The minimum absolute atomic E-state index is 0.162. The predicted octanol–water partition coefficient (Wildman–Crippen LogP) is 3.59. The van der Waals surface area contributed by atoms with E-state index >= 15 is 0 Å². The van der Waals surface area contributed by atoms with Gasteiger partial charge in [-0.1, -0.05) is 24.3 Å². The van der Waals surface area contributed by atoms with Gasteiger partial charge in [0.2, 0.25) is 0 Å². The third kappa shape index (κ3) is 2.72. The predicted molar refractivity (Wildman–Crippen MR) is 99.5 cm³/mol. The number of piperidine rings is 3. The molecule has 2 bridgehead atoms. The lowest BCUT2D eigenvalue weighted by Gasteiger charge is -2.51. The number of likely N-dealkylation sites (tertiary alicyclic amines) is 1. The van der Waals surface area contributed by atoms with Crippen molar-refractivity contribution in [2.45, 2.75) is 37.4 Å². The number of rotatable bonds is 3. The fraction of sp³-hybridized carbons (Fsp3) is 0.455. The Morgan fingerprint density at radius 2 is 1.77 bits per heavy atom. The molecular weight excluding hydrogens is 327 g/mol. The van der Waals surface area contributed by atoms with Crippen molar-refractivity contribution in [2.24, 2.45) is 5.92 Å². The highest BCUT2D eigenvalue weighted by Crippen LogP contribution is 2.47. The van der Waals surface area contributed by atoms with E-state index in [2.05, 4.69) is 15.9 Å². The molecule has 1 N–H and O–H groups in total. The lowest BCUT2D eigenvalue weighted by Crippen LogP contribution is -2.59. The SMILES string of the molecule is Oc1cccc(CN2C[C@H](c3ccc(F)cc3)[C@H]3[C@@H]2C2CCN3CC2)c1. The fourth-order valence-corrected chi connectivity index (χ4v) is 5.61. The van der Waals surface area contributed by atoms with Crippen LogP contribution in [0, 0.1) is 11.7 Å². The van der Waals surface area contributed by atoms with Crippen LogP contribution in [0.25, 0.3) is 0 Å². The van der Waals surface area contributed by atoms with Gasteiger partial charge in [-0.05, 0) is 67.2 Å². The topological polar surface area (TPSA) is 26.7 Å². The quantitative estimate of drug-likeness (QED) is 0.914. The lowest BCUT2D eigenvalue weighted by atomic mass is 9.75. The normalized spacial score (nSPS) is 33.3. The first-order valence-electron chi connectivity index (χ1n) is 9.70. The van der Waals surface area contributed by atoms with E-state index in [4.69, 9.17) is 0 Å². The van der Waals surface area contributed by atoms with Crippen LogP contribution in [0.4, 0.5) is 4.39 Å². The first kappa shape index (κ1) is 16.3. The van der Waals surface area contributed by atoms with E-state index in [0.29, 0.717) is 23.8 Å². The van der Waals surface area contributed by atoms with Crippen LogP contribution in [0.15, 0.2) is 48.5 Å². The number of fused-ring (bicyclic) bond motifs is 2. The molecule has 2 aromatic rings. The van der Waals surface area contributed by atoms with Crippen molar-refractivity contribution in [3.8, 4) is 5.75 Å². The van der Waals surface area contributed by atoms with Gasteiger partial charge in [0, 0.05) is 31.1 Å². The zero-order chi connectivity index (χ0) is 17.7. The third-order valence-corrected chi connectivity index (χ3v) is 6.69. The highest BCUT2D eigenvalue weighted by Gasteiger charge is 2.53. The highest BCUT2D eigenvalue weighted by atomic mass is 19.1. The first-order chi connectivity index (χ1) is 12.7. The van der Waals surface area contributed by atoms with Crippen molar-refractivity contribution in [3.05, 3.63) is 65.5 Å². The lowest BCUT2D eigenvalue weighted by molar-refractivity contribution is -0.00870. The number of nitrogens with zero attached hydrogens (tertiary/aromatic N) is 2. The van der Waals surface area contributed by atoms with Gasteiger partial charge in [-0.2, -0.15) is 0 Å². The van der Waals surface area contributed by atoms with Crippen LogP contribution in [0.2, 0.25) is 0 Å². The van der Waals surface area contributed by atoms with Gasteiger partial charge < -0.3 is 5.11 Å². The molecule has 0 amide bonds. The summed E-state index contributed by atoms with van der Waals surface area (Å²) in [4.78, 5) is 5.28. The molecular formula is C22H25FN2O. The molecule has 0 aliphatic carbocycles. The summed E-state index contributed by atoms with van der Waals surface area (Å²) in [6, 6.07) is 15.9. The molecule has 4 saturated heterocycles. The standard InChI is InChI=1S/C22H25FN2O/c23-18-6-4-16(5-7-18)20-14-25(13-15-2-1-3-19(26)12-15)21-17-8-10-24(11-9-17)22(20)21/h1-7,12,17,20-22,26H,8-11,13-14H2/t20-,21+,22+/m1/s1. The van der Waals surface area contributed by atoms with Crippen LogP contribution in [-0.2, 0) is 6.54 Å². The maximum Gasteiger partial charge on any atom is 0.123 e. The first-order valence-corrected chi connectivity index (χ1v) is 9.70. The third-order valence-electron chi connectivity index (χ3n) is 6.69. The van der Waals surface area contributed by atoms with E-state index in [1.807, 2.05) is 24.3 Å². The maximum atomic E-state index is 13.4. The van der Waals surface area contributed by atoms with Crippen molar-refractivity contribution in [1.82, 2.24) is 9.80 Å². The number of hydrogen-bond acceptors (Lipinski definition) is 3. The molecule has 0 unspecified atom stereocenters. The molecule has 3 nitrogen and oxygen atoms in total. The number of phenolic OH excluding ortho intramolecular Hbond substituents is 1. The number of halogens is 1. The van der Waals surface area contributed by atoms with Gasteiger partial charge in [-0.15, -0.1) is 0 Å². The Bertz CT molecular complexity index is 785. The van der Waals surface area contributed by atoms with Gasteiger partial charge >= 0.3 is 0 Å². The minimum atomic E-state index is -0.162. The van der Waals surface area contributed by atoms with Gasteiger partial charge in [-0.3, -0.25) is 9.80 Å². The second-order valence-electron chi connectivity index (χ2n) is 8.11.